The van der Waals surface area contributed by atoms with E-state index in [0.29, 0.717) is 5.56 Å². The summed E-state index contributed by atoms with van der Waals surface area (Å²) in [5, 5.41) is 21.6. The number of hydrogen-bond acceptors (Lipinski definition) is 2. The van der Waals surface area contributed by atoms with Crippen molar-refractivity contribution < 1.29 is 10.2 Å². The molecule has 0 aromatic heterocycles. The van der Waals surface area contributed by atoms with E-state index < -0.39 is 0 Å². The normalized spacial score (nSPS) is 10.7. The highest BCUT2D eigenvalue weighted by molar-refractivity contribution is 5.88. The highest BCUT2D eigenvalue weighted by atomic mass is 16.3. The number of benzene rings is 3. The third-order valence-electron chi connectivity index (χ3n) is 3.04. The van der Waals surface area contributed by atoms with Crippen molar-refractivity contribution in [1.29, 1.82) is 0 Å². The fourth-order valence-electron chi connectivity index (χ4n) is 2.11. The van der Waals surface area contributed by atoms with Gasteiger partial charge in [0.05, 0.1) is 0 Å². The molecule has 0 fully saturated rings. The van der Waals surface area contributed by atoms with Crippen LogP contribution in [0.1, 0.15) is 0 Å². The molecule has 0 amide bonds. The number of phenols is 2. The minimum Gasteiger partial charge on any atom is -0.508 e. The van der Waals surface area contributed by atoms with Gasteiger partial charge in [0.1, 0.15) is 11.5 Å². The zero-order valence-electron chi connectivity index (χ0n) is 9.67. The Bertz CT molecular complexity index is 717. The maximum atomic E-state index is 9.85. The minimum absolute atomic E-state index is 0.149. The van der Waals surface area contributed by atoms with Crippen molar-refractivity contribution in [2.45, 2.75) is 0 Å². The first-order chi connectivity index (χ1) is 8.74. The summed E-state index contributed by atoms with van der Waals surface area (Å²) in [4.78, 5) is 0. The standard InChI is InChI=1S/C16H12O2/c17-14-7-8-16(18)15(10-14)13-6-5-11-3-1-2-4-12(11)9-13/h1-10,17-18H. The molecule has 0 unspecified atom stereocenters. The molecule has 0 aliphatic rings. The lowest BCUT2D eigenvalue weighted by molar-refractivity contribution is 0.462. The number of fused-ring (bicyclic) bond motifs is 1. The lowest BCUT2D eigenvalue weighted by atomic mass is 10.0. The summed E-state index contributed by atoms with van der Waals surface area (Å²) in [6.07, 6.45) is 0. The van der Waals surface area contributed by atoms with Crippen molar-refractivity contribution in [2.75, 3.05) is 0 Å². The second-order valence-corrected chi connectivity index (χ2v) is 4.26. The topological polar surface area (TPSA) is 40.5 Å². The lowest BCUT2D eigenvalue weighted by Crippen LogP contribution is -1.80. The molecule has 0 aliphatic carbocycles. The van der Waals surface area contributed by atoms with E-state index >= 15 is 0 Å². The molecule has 0 radical (unpaired) electrons. The lowest BCUT2D eigenvalue weighted by Gasteiger charge is -2.07. The van der Waals surface area contributed by atoms with Crippen LogP contribution in [0.25, 0.3) is 21.9 Å². The first-order valence-corrected chi connectivity index (χ1v) is 5.75. The molecule has 0 bridgehead atoms. The molecule has 0 heterocycles. The maximum Gasteiger partial charge on any atom is 0.123 e. The SMILES string of the molecule is Oc1ccc(O)c(-c2ccc3ccccc3c2)c1. The van der Waals surface area contributed by atoms with Crippen LogP contribution in [0.2, 0.25) is 0 Å². The predicted molar refractivity (Wildman–Crippen MR) is 72.7 cm³/mol. The first kappa shape index (κ1) is 10.7. The predicted octanol–water partition coefficient (Wildman–Crippen LogP) is 3.92. The van der Waals surface area contributed by atoms with E-state index in [9.17, 15) is 10.2 Å². The smallest absolute Gasteiger partial charge is 0.123 e. The molecule has 3 rings (SSSR count). The van der Waals surface area contributed by atoms with E-state index in [4.69, 9.17) is 0 Å². The Morgan fingerprint density at radius 1 is 0.667 bits per heavy atom. The van der Waals surface area contributed by atoms with Gasteiger partial charge in [0, 0.05) is 5.56 Å². The van der Waals surface area contributed by atoms with Crippen LogP contribution in [-0.2, 0) is 0 Å². The largest absolute Gasteiger partial charge is 0.508 e. The molecule has 3 aromatic carbocycles. The monoisotopic (exact) mass is 236 g/mol. The maximum absolute atomic E-state index is 9.85. The van der Waals surface area contributed by atoms with E-state index in [1.54, 1.807) is 6.07 Å². The summed E-state index contributed by atoms with van der Waals surface area (Å²) in [5.41, 5.74) is 1.53. The number of aromatic hydroxyl groups is 2. The molecule has 2 nitrogen and oxygen atoms in total. The van der Waals surface area contributed by atoms with Crippen LogP contribution in [-0.4, -0.2) is 10.2 Å². The Kier molecular flexibility index (Phi) is 2.41. The zero-order chi connectivity index (χ0) is 12.5. The Balaban J connectivity index is 2.22. The van der Waals surface area contributed by atoms with Crippen LogP contribution in [0.5, 0.6) is 11.5 Å². The summed E-state index contributed by atoms with van der Waals surface area (Å²) < 4.78 is 0. The van der Waals surface area contributed by atoms with Gasteiger partial charge >= 0.3 is 0 Å². The molecule has 0 spiro atoms. The van der Waals surface area contributed by atoms with E-state index in [0.717, 1.165) is 16.3 Å². The van der Waals surface area contributed by atoms with Gasteiger partial charge in [-0.25, -0.2) is 0 Å². The second kappa shape index (κ2) is 4.08. The molecule has 0 saturated carbocycles. The van der Waals surface area contributed by atoms with Gasteiger partial charge in [-0.05, 0) is 40.6 Å². The molecule has 0 saturated heterocycles. The van der Waals surface area contributed by atoms with Gasteiger partial charge in [-0.15, -0.1) is 0 Å². The quantitative estimate of drug-likeness (QED) is 0.629. The first-order valence-electron chi connectivity index (χ1n) is 5.75. The van der Waals surface area contributed by atoms with Crippen LogP contribution in [0.4, 0.5) is 0 Å². The molecular formula is C16H12O2. The van der Waals surface area contributed by atoms with E-state index in [-0.39, 0.29) is 11.5 Å². The van der Waals surface area contributed by atoms with E-state index in [2.05, 4.69) is 0 Å². The van der Waals surface area contributed by atoms with Gasteiger partial charge < -0.3 is 10.2 Å². The van der Waals surface area contributed by atoms with Gasteiger partial charge in [0.15, 0.2) is 0 Å². The van der Waals surface area contributed by atoms with Gasteiger partial charge in [-0.1, -0.05) is 36.4 Å². The van der Waals surface area contributed by atoms with Crippen molar-refractivity contribution >= 4 is 10.8 Å². The van der Waals surface area contributed by atoms with Crippen LogP contribution in [0, 0.1) is 0 Å². The number of hydrogen-bond donors (Lipinski definition) is 2. The minimum atomic E-state index is 0.149. The van der Waals surface area contributed by atoms with Gasteiger partial charge in [-0.2, -0.15) is 0 Å². The van der Waals surface area contributed by atoms with Crippen LogP contribution in [0.3, 0.4) is 0 Å². The van der Waals surface area contributed by atoms with Gasteiger partial charge in [0.2, 0.25) is 0 Å². The average Bonchev–Trinajstić information content (AvgIpc) is 2.41. The zero-order valence-corrected chi connectivity index (χ0v) is 9.67. The average molecular weight is 236 g/mol. The van der Waals surface area contributed by atoms with Gasteiger partial charge in [-0.3, -0.25) is 0 Å². The summed E-state index contributed by atoms with van der Waals surface area (Å²) in [6.45, 7) is 0. The molecular weight excluding hydrogens is 224 g/mol. The molecule has 88 valence electrons. The number of phenolic OH excluding ortho intramolecular Hbond substituents is 2. The molecule has 2 N–H and O–H groups in total. The molecule has 0 aliphatic heterocycles. The summed E-state index contributed by atoms with van der Waals surface area (Å²) >= 11 is 0. The fourth-order valence-corrected chi connectivity index (χ4v) is 2.11. The van der Waals surface area contributed by atoms with E-state index in [1.165, 1.54) is 12.1 Å². The molecule has 0 atom stereocenters. The second-order valence-electron chi connectivity index (χ2n) is 4.26. The third-order valence-corrected chi connectivity index (χ3v) is 3.04. The summed E-state index contributed by atoms with van der Waals surface area (Å²) in [5.74, 6) is 0.319. The van der Waals surface area contributed by atoms with E-state index in [1.807, 2.05) is 42.5 Å². The van der Waals surface area contributed by atoms with Crippen molar-refractivity contribution in [3.63, 3.8) is 0 Å². The Hall–Kier alpha value is -2.48. The summed E-state index contributed by atoms with van der Waals surface area (Å²) in [6, 6.07) is 18.5. The third kappa shape index (κ3) is 1.78. The van der Waals surface area contributed by atoms with Crippen LogP contribution >= 0.6 is 0 Å². The summed E-state index contributed by atoms with van der Waals surface area (Å²) in [7, 11) is 0. The Morgan fingerprint density at radius 3 is 2.28 bits per heavy atom. The Labute approximate surface area is 105 Å². The van der Waals surface area contributed by atoms with Gasteiger partial charge in [0.25, 0.3) is 0 Å². The van der Waals surface area contributed by atoms with Crippen molar-refractivity contribution in [2.24, 2.45) is 0 Å². The van der Waals surface area contributed by atoms with Crippen molar-refractivity contribution in [3.05, 3.63) is 60.7 Å². The molecule has 2 heteroatoms. The number of rotatable bonds is 1. The fraction of sp³-hybridized carbons (Fsp3) is 0. The molecule has 18 heavy (non-hydrogen) atoms. The van der Waals surface area contributed by atoms with Crippen molar-refractivity contribution in [3.8, 4) is 22.6 Å². The van der Waals surface area contributed by atoms with Crippen LogP contribution in [0.15, 0.2) is 60.7 Å². The van der Waals surface area contributed by atoms with Crippen LogP contribution < -0.4 is 0 Å². The Morgan fingerprint density at radius 2 is 1.44 bits per heavy atom. The van der Waals surface area contributed by atoms with Crippen molar-refractivity contribution in [1.82, 2.24) is 0 Å². The highest BCUT2D eigenvalue weighted by Gasteiger charge is 2.06. The highest BCUT2D eigenvalue weighted by Crippen LogP contribution is 2.33. The molecule has 3 aromatic rings.